The zero-order chi connectivity index (χ0) is 41.5. The van der Waals surface area contributed by atoms with E-state index < -0.39 is 30.0 Å². The molecule has 1 atom stereocenters. The van der Waals surface area contributed by atoms with E-state index in [4.69, 9.17) is 4.74 Å². The SMILES string of the molecule is Cn1c(=O)n(C2CCC(=O)NC2=O)c2cccc(CN3CCC(CCN4CCC(n5cc(NC(=O)c6cnn7ccc(N8CCOCC8)nc67)c(C(F)F)n5)CC4)CC3)c21. The summed E-state index contributed by atoms with van der Waals surface area (Å²) < 4.78 is 40.2. The quantitative estimate of drug-likeness (QED) is 0.187. The van der Waals surface area contributed by atoms with E-state index in [0.717, 1.165) is 75.9 Å². The summed E-state index contributed by atoms with van der Waals surface area (Å²) in [6.07, 6.45) is 7.04. The monoisotopic (exact) mass is 828 g/mol. The Labute approximate surface area is 344 Å². The highest BCUT2D eigenvalue weighted by Gasteiger charge is 2.33. The molecule has 17 nitrogen and oxygen atoms in total. The number of anilines is 2. The van der Waals surface area contributed by atoms with Crippen LogP contribution in [0.1, 0.15) is 85.1 Å². The number of rotatable bonds is 11. The van der Waals surface area contributed by atoms with E-state index >= 15 is 0 Å². The van der Waals surface area contributed by atoms with E-state index in [1.165, 1.54) is 21.5 Å². The van der Waals surface area contributed by atoms with Crippen molar-refractivity contribution in [3.63, 3.8) is 0 Å². The number of aromatic nitrogens is 7. The second kappa shape index (κ2) is 16.8. The molecule has 4 fully saturated rings. The van der Waals surface area contributed by atoms with Crippen molar-refractivity contribution in [3.05, 3.63) is 70.2 Å². The lowest BCUT2D eigenvalue weighted by atomic mass is 9.92. The van der Waals surface area contributed by atoms with Gasteiger partial charge >= 0.3 is 5.69 Å². The number of carbonyl (C=O) groups is 3. The maximum Gasteiger partial charge on any atom is 0.329 e. The van der Waals surface area contributed by atoms with Gasteiger partial charge in [0.15, 0.2) is 11.3 Å². The Morgan fingerprint density at radius 2 is 1.75 bits per heavy atom. The Morgan fingerprint density at radius 3 is 2.50 bits per heavy atom. The van der Waals surface area contributed by atoms with Gasteiger partial charge in [-0.3, -0.25) is 38.4 Å². The van der Waals surface area contributed by atoms with Crippen LogP contribution in [0.2, 0.25) is 0 Å². The number of piperidine rings is 3. The highest BCUT2D eigenvalue weighted by molar-refractivity contribution is 6.08. The number of likely N-dealkylation sites (tertiary alicyclic amines) is 2. The van der Waals surface area contributed by atoms with Crippen LogP contribution < -0.4 is 21.2 Å². The number of ether oxygens (including phenoxy) is 1. The fraction of sp³-hybridized carbons (Fsp3) is 0.537. The lowest BCUT2D eigenvalue weighted by molar-refractivity contribution is -0.135. The molecule has 318 valence electrons. The molecule has 0 aliphatic carbocycles. The lowest BCUT2D eigenvalue weighted by Gasteiger charge is -2.35. The number of carbonyl (C=O) groups excluding carboxylic acids is 3. The van der Waals surface area contributed by atoms with E-state index in [1.54, 1.807) is 22.5 Å². The van der Waals surface area contributed by atoms with Gasteiger partial charge in [0.25, 0.3) is 12.3 Å². The minimum Gasteiger partial charge on any atom is -0.378 e. The maximum absolute atomic E-state index is 14.2. The normalized spacial score (nSPS) is 20.5. The number of hydrogen-bond acceptors (Lipinski definition) is 11. The van der Waals surface area contributed by atoms with E-state index in [1.807, 2.05) is 24.3 Å². The molecular formula is C41H50F2N12O5. The van der Waals surface area contributed by atoms with Crippen LogP contribution >= 0.6 is 0 Å². The number of nitrogens with one attached hydrogen (secondary N) is 2. The standard InChI is InChI=1S/C41H50F2N12O5/c1-49-36-27(3-2-4-31(36)55(41(49)59)32-5-6-34(56)47-40(32)58)24-51-14-8-26(9-15-51)7-13-50-16-10-28(11-17-50)54-25-30(35(48-54)37(42)43)45-39(57)29-23-44-53-18-12-33(46-38(29)53)52-19-21-60-22-20-52/h2-4,12,18,23,25-26,28,32,37H,5-11,13-17,19-22,24H2,1H3,(H,45,57)(H,47,56,58). The summed E-state index contributed by atoms with van der Waals surface area (Å²) in [5.41, 5.74) is 2.35. The number of halogens is 2. The number of para-hydroxylation sites is 1. The topological polar surface area (TPSA) is 169 Å². The van der Waals surface area contributed by atoms with Gasteiger partial charge < -0.3 is 19.9 Å². The average molecular weight is 829 g/mol. The number of alkyl halides is 2. The Bertz CT molecular complexity index is 2450. The minimum atomic E-state index is -2.86. The van der Waals surface area contributed by atoms with Crippen molar-refractivity contribution in [2.45, 2.75) is 70.0 Å². The van der Waals surface area contributed by atoms with Gasteiger partial charge in [-0.15, -0.1) is 0 Å². The predicted molar refractivity (Wildman–Crippen MR) is 217 cm³/mol. The maximum atomic E-state index is 14.2. The lowest BCUT2D eigenvalue weighted by Crippen LogP contribution is -2.44. The fourth-order valence-corrected chi connectivity index (χ4v) is 9.35. The molecule has 0 bridgehead atoms. The van der Waals surface area contributed by atoms with Gasteiger partial charge in [-0.25, -0.2) is 23.1 Å². The number of imide groups is 1. The van der Waals surface area contributed by atoms with E-state index in [-0.39, 0.29) is 35.3 Å². The molecule has 19 heteroatoms. The third-order valence-corrected chi connectivity index (χ3v) is 12.7. The predicted octanol–water partition coefficient (Wildman–Crippen LogP) is 3.52. The Balaban J connectivity index is 0.766. The third-order valence-electron chi connectivity index (χ3n) is 12.7. The first-order valence-corrected chi connectivity index (χ1v) is 20.9. The summed E-state index contributed by atoms with van der Waals surface area (Å²) >= 11 is 0. The van der Waals surface area contributed by atoms with E-state index in [9.17, 15) is 28.0 Å². The molecule has 8 heterocycles. The molecular weight excluding hydrogens is 779 g/mol. The molecule has 1 aromatic carbocycles. The second-order valence-corrected chi connectivity index (χ2v) is 16.4. The average Bonchev–Trinajstić information content (AvgIpc) is 3.95. The van der Waals surface area contributed by atoms with E-state index in [0.29, 0.717) is 62.2 Å². The number of imidazole rings is 1. The molecule has 0 radical (unpaired) electrons. The van der Waals surface area contributed by atoms with Crippen LogP contribution in [-0.2, 0) is 27.9 Å². The molecule has 9 rings (SSSR count). The Kier molecular flexibility index (Phi) is 11.2. The van der Waals surface area contributed by atoms with E-state index in [2.05, 4.69) is 40.5 Å². The summed E-state index contributed by atoms with van der Waals surface area (Å²) in [6, 6.07) is 6.90. The van der Waals surface area contributed by atoms with Gasteiger partial charge in [-0.2, -0.15) is 10.2 Å². The number of hydrogen-bond donors (Lipinski definition) is 2. The smallest absolute Gasteiger partial charge is 0.329 e. The first kappa shape index (κ1) is 39.9. The summed E-state index contributed by atoms with van der Waals surface area (Å²) in [6.45, 7) is 7.73. The van der Waals surface area contributed by atoms with Gasteiger partial charge in [0.05, 0.1) is 42.2 Å². The molecule has 2 N–H and O–H groups in total. The van der Waals surface area contributed by atoms with Crippen LogP contribution in [0.4, 0.5) is 20.3 Å². The largest absolute Gasteiger partial charge is 0.378 e. The number of amides is 3. The first-order valence-electron chi connectivity index (χ1n) is 20.9. The van der Waals surface area contributed by atoms with Crippen LogP contribution in [0.3, 0.4) is 0 Å². The van der Waals surface area contributed by atoms with Crippen molar-refractivity contribution in [1.29, 1.82) is 0 Å². The van der Waals surface area contributed by atoms with Gasteiger partial charge in [0, 0.05) is 58.6 Å². The van der Waals surface area contributed by atoms with Crippen molar-refractivity contribution in [2.24, 2.45) is 13.0 Å². The van der Waals surface area contributed by atoms with Crippen LogP contribution in [0.25, 0.3) is 16.7 Å². The van der Waals surface area contributed by atoms with Crippen molar-refractivity contribution >= 4 is 45.9 Å². The van der Waals surface area contributed by atoms with Crippen LogP contribution in [0.5, 0.6) is 0 Å². The second-order valence-electron chi connectivity index (χ2n) is 16.4. The number of fused-ring (bicyclic) bond motifs is 2. The summed E-state index contributed by atoms with van der Waals surface area (Å²) in [4.78, 5) is 62.9. The van der Waals surface area contributed by atoms with Crippen molar-refractivity contribution in [1.82, 2.24) is 48.6 Å². The van der Waals surface area contributed by atoms with Crippen molar-refractivity contribution < 1.29 is 27.9 Å². The summed E-state index contributed by atoms with van der Waals surface area (Å²) in [5, 5.41) is 13.6. The molecule has 4 aliphatic rings. The molecule has 0 saturated carbocycles. The molecule has 3 amide bonds. The van der Waals surface area contributed by atoms with Gasteiger partial charge in [0.2, 0.25) is 11.8 Å². The molecule has 4 aliphatic heterocycles. The minimum absolute atomic E-state index is 0.0150. The number of aryl methyl sites for hydroxylation is 1. The van der Waals surface area contributed by atoms with Crippen LogP contribution in [-0.4, -0.2) is 120 Å². The third kappa shape index (κ3) is 7.92. The van der Waals surface area contributed by atoms with Gasteiger partial charge in [-0.1, -0.05) is 12.1 Å². The fourth-order valence-electron chi connectivity index (χ4n) is 9.35. The van der Waals surface area contributed by atoms with Crippen LogP contribution in [0.15, 0.2) is 47.7 Å². The van der Waals surface area contributed by atoms with Crippen molar-refractivity contribution in [3.8, 4) is 0 Å². The van der Waals surface area contributed by atoms with Gasteiger partial charge in [-0.05, 0) is 81.8 Å². The highest BCUT2D eigenvalue weighted by atomic mass is 19.3. The number of morpholine rings is 1. The zero-order valence-electron chi connectivity index (χ0n) is 33.6. The first-order chi connectivity index (χ1) is 29.1. The number of nitrogens with zero attached hydrogens (tertiary/aromatic N) is 10. The Morgan fingerprint density at radius 1 is 0.983 bits per heavy atom. The summed E-state index contributed by atoms with van der Waals surface area (Å²) in [7, 11) is 1.74. The zero-order valence-corrected chi connectivity index (χ0v) is 33.6. The molecule has 4 saturated heterocycles. The molecule has 0 spiro atoms. The summed E-state index contributed by atoms with van der Waals surface area (Å²) in [5.74, 6) is -0.0444. The molecule has 4 aromatic heterocycles. The molecule has 1 unspecified atom stereocenters. The molecule has 5 aromatic rings. The van der Waals surface area contributed by atoms with Crippen LogP contribution in [0, 0.1) is 5.92 Å². The highest BCUT2D eigenvalue weighted by Crippen LogP contribution is 2.32. The van der Waals surface area contributed by atoms with Gasteiger partial charge in [0.1, 0.15) is 17.4 Å². The number of benzene rings is 1. The Hall–Kier alpha value is -5.53. The molecule has 60 heavy (non-hydrogen) atoms. The van der Waals surface area contributed by atoms with Crippen molar-refractivity contribution in [2.75, 3.05) is 69.2 Å².